The van der Waals surface area contributed by atoms with E-state index in [2.05, 4.69) is 15.1 Å². The molecule has 0 heterocycles. The molecule has 0 aliphatic carbocycles. The van der Waals surface area contributed by atoms with Gasteiger partial charge < -0.3 is 14.5 Å². The molecule has 9 nitrogen and oxygen atoms in total. The molecular weight excluding hydrogens is 362 g/mol. The van der Waals surface area contributed by atoms with Gasteiger partial charge in [-0.2, -0.15) is 10.2 Å². The molecule has 0 aromatic heterocycles. The summed E-state index contributed by atoms with van der Waals surface area (Å²) < 4.78 is 5.00. The monoisotopic (exact) mass is 381 g/mol. The third-order valence-electron chi connectivity index (χ3n) is 3.77. The lowest BCUT2D eigenvalue weighted by atomic mass is 10.2. The van der Waals surface area contributed by atoms with Crippen molar-refractivity contribution in [3.05, 3.63) is 70.1 Å². The number of benzene rings is 2. The number of carbonyl (C=O) groups excluding carboxylic acids is 1. The van der Waals surface area contributed by atoms with E-state index in [0.717, 1.165) is 12.2 Å². The summed E-state index contributed by atoms with van der Waals surface area (Å²) in [7, 11) is 0. The number of nitrogens with zero attached hydrogens (tertiary/aromatic N) is 5. The van der Waals surface area contributed by atoms with Gasteiger partial charge in [0, 0.05) is 24.4 Å². The van der Waals surface area contributed by atoms with Crippen molar-refractivity contribution >= 4 is 28.7 Å². The Morgan fingerprint density at radius 2 is 1.71 bits per heavy atom. The van der Waals surface area contributed by atoms with Crippen LogP contribution in [0.2, 0.25) is 0 Å². The molecule has 0 spiro atoms. The zero-order chi connectivity index (χ0) is 20.4. The van der Waals surface area contributed by atoms with E-state index in [-0.39, 0.29) is 18.8 Å². The van der Waals surface area contributed by atoms with Crippen LogP contribution in [0.15, 0.2) is 58.8 Å². The highest BCUT2D eigenvalue weighted by atomic mass is 16.6. The van der Waals surface area contributed by atoms with E-state index < -0.39 is 10.9 Å². The van der Waals surface area contributed by atoms with Gasteiger partial charge in [0.2, 0.25) is 0 Å². The van der Waals surface area contributed by atoms with Crippen LogP contribution in [0.4, 0.5) is 22.7 Å². The molecule has 9 heteroatoms. The normalized spacial score (nSPS) is 10.4. The molecule has 0 aliphatic heterocycles. The molecule has 0 saturated heterocycles. The van der Waals surface area contributed by atoms with Crippen LogP contribution in [-0.4, -0.2) is 37.1 Å². The van der Waals surface area contributed by atoms with Gasteiger partial charge in [-0.15, -0.1) is 0 Å². The van der Waals surface area contributed by atoms with Gasteiger partial charge in [0.1, 0.15) is 6.61 Å². The quantitative estimate of drug-likeness (QED) is 0.212. The number of nitro benzene ring substituents is 1. The van der Waals surface area contributed by atoms with Crippen molar-refractivity contribution in [2.45, 2.75) is 6.92 Å². The lowest BCUT2D eigenvalue weighted by Crippen LogP contribution is -2.28. The van der Waals surface area contributed by atoms with Gasteiger partial charge >= 0.3 is 12.5 Å². The fraction of sp³-hybridized carbons (Fsp3) is 0.263. The first-order valence-electron chi connectivity index (χ1n) is 8.53. The largest absolute Gasteiger partial charge is 0.458 e. The maximum Gasteiger partial charge on any atom is 0.387 e. The summed E-state index contributed by atoms with van der Waals surface area (Å²) in [6.07, 6.45) is 0. The zero-order valence-electron chi connectivity index (χ0n) is 15.3. The van der Waals surface area contributed by atoms with Gasteiger partial charge in [0.15, 0.2) is 0 Å². The molecule has 144 valence electrons. The summed E-state index contributed by atoms with van der Waals surface area (Å²) in [5, 5.41) is 18.8. The predicted octanol–water partition coefficient (Wildman–Crippen LogP) is 4.30. The number of non-ortho nitro benzene ring substituents is 1. The summed E-state index contributed by atoms with van der Waals surface area (Å²) in [6.45, 7) is 9.81. The van der Waals surface area contributed by atoms with E-state index in [0.29, 0.717) is 17.9 Å². The Kier molecular flexibility index (Phi) is 7.60. The third kappa shape index (κ3) is 6.17. The van der Waals surface area contributed by atoms with Crippen LogP contribution in [0, 0.1) is 16.7 Å². The average Bonchev–Trinajstić information content (AvgIpc) is 2.71. The zero-order valence-corrected chi connectivity index (χ0v) is 15.3. The first-order chi connectivity index (χ1) is 13.5. The first-order valence-corrected chi connectivity index (χ1v) is 8.53. The Morgan fingerprint density at radius 3 is 2.21 bits per heavy atom. The van der Waals surface area contributed by atoms with Gasteiger partial charge in [-0.1, -0.05) is 0 Å². The summed E-state index contributed by atoms with van der Waals surface area (Å²) in [4.78, 5) is 26.4. The average molecular weight is 381 g/mol. The Morgan fingerprint density at radius 1 is 1.14 bits per heavy atom. The molecule has 0 saturated carbocycles. The molecule has 2 aromatic carbocycles. The smallest absolute Gasteiger partial charge is 0.387 e. The van der Waals surface area contributed by atoms with Gasteiger partial charge in [-0.25, -0.2) is 11.4 Å². The van der Waals surface area contributed by atoms with Crippen LogP contribution < -0.4 is 4.90 Å². The summed E-state index contributed by atoms with van der Waals surface area (Å²) in [5.74, 6) is -0.520. The number of carbonyl (C=O) groups is 1. The van der Waals surface area contributed by atoms with Crippen LogP contribution in [0.1, 0.15) is 6.92 Å². The molecule has 0 unspecified atom stereocenters. The van der Waals surface area contributed by atoms with Crippen molar-refractivity contribution in [1.82, 2.24) is 0 Å². The van der Waals surface area contributed by atoms with E-state index in [1.54, 1.807) is 12.1 Å². The van der Waals surface area contributed by atoms with E-state index in [4.69, 9.17) is 11.3 Å². The van der Waals surface area contributed by atoms with Crippen molar-refractivity contribution < 1.29 is 14.5 Å². The standard InChI is InChI=1S/C19H19N5O4/c1-3-23(12-13-28-19(25)14-20-2)17-8-4-15(5-9-17)21-22-16-6-10-18(11-7-16)24(26)27/h4-11H,3,12-14H2,1H3. The molecule has 2 rings (SSSR count). The maximum absolute atomic E-state index is 11.2. The fourth-order valence-electron chi connectivity index (χ4n) is 2.34. The second kappa shape index (κ2) is 10.4. The molecule has 0 N–H and O–H groups in total. The summed E-state index contributed by atoms with van der Waals surface area (Å²) in [6, 6.07) is 13.2. The van der Waals surface area contributed by atoms with E-state index in [1.807, 2.05) is 24.0 Å². The van der Waals surface area contributed by atoms with Crippen LogP contribution in [0.5, 0.6) is 0 Å². The minimum Gasteiger partial charge on any atom is -0.458 e. The van der Waals surface area contributed by atoms with Crippen molar-refractivity contribution in [1.29, 1.82) is 0 Å². The van der Waals surface area contributed by atoms with E-state index in [9.17, 15) is 14.9 Å². The second-order valence-corrected chi connectivity index (χ2v) is 5.61. The number of anilines is 1. The van der Waals surface area contributed by atoms with Crippen LogP contribution in [0.25, 0.3) is 4.85 Å². The lowest BCUT2D eigenvalue weighted by molar-refractivity contribution is -0.384. The molecule has 0 bridgehead atoms. The number of azo groups is 1. The fourth-order valence-corrected chi connectivity index (χ4v) is 2.34. The Balaban J connectivity index is 1.94. The topological polar surface area (TPSA) is 102 Å². The highest BCUT2D eigenvalue weighted by molar-refractivity contribution is 5.73. The van der Waals surface area contributed by atoms with Gasteiger partial charge in [-0.05, 0) is 43.3 Å². The Labute approximate surface area is 162 Å². The Hall–Kier alpha value is -3.80. The van der Waals surface area contributed by atoms with Crippen molar-refractivity contribution in [3.63, 3.8) is 0 Å². The number of rotatable bonds is 9. The van der Waals surface area contributed by atoms with Gasteiger partial charge in [-0.3, -0.25) is 10.1 Å². The predicted molar refractivity (Wildman–Crippen MR) is 104 cm³/mol. The molecule has 0 aliphatic rings. The molecule has 0 radical (unpaired) electrons. The maximum atomic E-state index is 11.2. The van der Waals surface area contributed by atoms with Crippen molar-refractivity contribution in [2.75, 3.05) is 31.1 Å². The SMILES string of the molecule is [C-]#[N+]CC(=O)OCCN(CC)c1ccc(N=Nc2ccc([N+](=O)[O-])cc2)cc1. The second-order valence-electron chi connectivity index (χ2n) is 5.61. The number of esters is 1. The summed E-state index contributed by atoms with van der Waals surface area (Å²) >= 11 is 0. The summed E-state index contributed by atoms with van der Waals surface area (Å²) in [5.41, 5.74) is 2.11. The minimum absolute atomic E-state index is 0.00253. The number of hydrogen-bond donors (Lipinski definition) is 0. The minimum atomic E-state index is -0.520. The number of likely N-dealkylation sites (N-methyl/N-ethyl adjacent to an activating group) is 1. The highest BCUT2D eigenvalue weighted by Gasteiger charge is 2.08. The molecule has 0 atom stereocenters. The molecule has 0 amide bonds. The van der Waals surface area contributed by atoms with E-state index >= 15 is 0 Å². The van der Waals surface area contributed by atoms with E-state index in [1.165, 1.54) is 24.3 Å². The van der Waals surface area contributed by atoms with Gasteiger partial charge in [0.25, 0.3) is 5.69 Å². The first kappa shape index (κ1) is 20.5. The van der Waals surface area contributed by atoms with Crippen molar-refractivity contribution in [2.24, 2.45) is 10.2 Å². The van der Waals surface area contributed by atoms with Crippen LogP contribution in [0.3, 0.4) is 0 Å². The van der Waals surface area contributed by atoms with Crippen molar-refractivity contribution in [3.8, 4) is 0 Å². The molecule has 2 aromatic rings. The molecular formula is C19H19N5O4. The van der Waals surface area contributed by atoms with Crippen LogP contribution >= 0.6 is 0 Å². The third-order valence-corrected chi connectivity index (χ3v) is 3.77. The highest BCUT2D eigenvalue weighted by Crippen LogP contribution is 2.23. The number of hydrogen-bond acceptors (Lipinski definition) is 7. The molecule has 28 heavy (non-hydrogen) atoms. The van der Waals surface area contributed by atoms with Gasteiger partial charge in [0.05, 0.1) is 22.8 Å². The molecule has 0 fully saturated rings. The number of ether oxygens (including phenoxy) is 1. The lowest BCUT2D eigenvalue weighted by Gasteiger charge is -2.22. The van der Waals surface area contributed by atoms with Crippen LogP contribution in [-0.2, 0) is 9.53 Å². The Bertz CT molecular complexity index is 873. The number of nitro groups is 1.